The van der Waals surface area contributed by atoms with E-state index >= 15 is 0 Å². The zero-order valence-electron chi connectivity index (χ0n) is 17.6. The predicted molar refractivity (Wildman–Crippen MR) is 129 cm³/mol. The fourth-order valence-electron chi connectivity index (χ4n) is 3.27. The van der Waals surface area contributed by atoms with Crippen LogP contribution in [0, 0.1) is 0 Å². The molecule has 3 aromatic carbocycles. The van der Waals surface area contributed by atoms with E-state index in [4.69, 9.17) is 16.3 Å². The van der Waals surface area contributed by atoms with E-state index in [9.17, 15) is 9.59 Å². The maximum Gasteiger partial charge on any atom is 0.264 e. The van der Waals surface area contributed by atoms with Crippen molar-refractivity contribution in [2.75, 3.05) is 19.1 Å². The molecule has 0 aromatic heterocycles. The molecule has 0 bridgehead atoms. The van der Waals surface area contributed by atoms with E-state index < -0.39 is 0 Å². The lowest BCUT2D eigenvalue weighted by Crippen LogP contribution is -2.31. The molecule has 162 valence electrons. The van der Waals surface area contributed by atoms with Crippen molar-refractivity contribution in [2.24, 2.45) is 0 Å². The molecule has 1 aliphatic rings. The fraction of sp³-hybridized carbons (Fsp3) is 0.120. The maximum atomic E-state index is 12.9. The van der Waals surface area contributed by atoms with E-state index in [1.807, 2.05) is 48.5 Å². The summed E-state index contributed by atoms with van der Waals surface area (Å²) in [5.41, 5.74) is 3.08. The number of rotatable bonds is 5. The highest BCUT2D eigenvalue weighted by molar-refractivity contribution is 8.04. The molecule has 5 nitrogen and oxygen atoms in total. The first-order valence-corrected chi connectivity index (χ1v) is 11.1. The van der Waals surface area contributed by atoms with Gasteiger partial charge in [0.2, 0.25) is 0 Å². The summed E-state index contributed by atoms with van der Waals surface area (Å²) in [5.74, 6) is 0.448. The van der Waals surface area contributed by atoms with E-state index in [1.54, 1.807) is 43.3 Å². The molecule has 3 aromatic rings. The molecule has 2 amide bonds. The third kappa shape index (κ3) is 4.82. The smallest absolute Gasteiger partial charge is 0.264 e. The van der Waals surface area contributed by atoms with Crippen LogP contribution in [0.15, 0.2) is 76.5 Å². The van der Waals surface area contributed by atoms with Crippen molar-refractivity contribution in [2.45, 2.75) is 11.4 Å². The maximum absolute atomic E-state index is 12.9. The van der Waals surface area contributed by atoms with E-state index in [1.165, 1.54) is 11.8 Å². The van der Waals surface area contributed by atoms with Gasteiger partial charge in [0.25, 0.3) is 11.8 Å². The highest BCUT2D eigenvalue weighted by atomic mass is 35.5. The number of likely N-dealkylation sites (N-methyl/N-ethyl adjacent to an activating group) is 1. The molecular weight excluding hydrogens is 444 g/mol. The van der Waals surface area contributed by atoms with E-state index in [0.717, 1.165) is 21.8 Å². The van der Waals surface area contributed by atoms with Crippen LogP contribution >= 0.6 is 23.4 Å². The predicted octanol–water partition coefficient (Wildman–Crippen LogP) is 5.39. The Balaban J connectivity index is 1.51. The van der Waals surface area contributed by atoms with Crippen molar-refractivity contribution < 1.29 is 14.3 Å². The van der Waals surface area contributed by atoms with Gasteiger partial charge in [0.05, 0.1) is 17.7 Å². The second kappa shape index (κ2) is 9.51. The van der Waals surface area contributed by atoms with Gasteiger partial charge in [-0.15, -0.1) is 0 Å². The van der Waals surface area contributed by atoms with Gasteiger partial charge in [-0.25, -0.2) is 0 Å². The van der Waals surface area contributed by atoms with E-state index in [0.29, 0.717) is 27.7 Å². The first kappa shape index (κ1) is 22.0. The molecule has 0 spiro atoms. The van der Waals surface area contributed by atoms with Gasteiger partial charge in [0, 0.05) is 29.1 Å². The average molecular weight is 465 g/mol. The number of hydrogen-bond acceptors (Lipinski definition) is 4. The van der Waals surface area contributed by atoms with E-state index in [2.05, 4.69) is 5.32 Å². The number of benzene rings is 3. The molecule has 0 unspecified atom stereocenters. The monoisotopic (exact) mass is 464 g/mol. The molecule has 1 N–H and O–H groups in total. The number of hydrogen-bond donors (Lipinski definition) is 1. The molecule has 0 atom stereocenters. The summed E-state index contributed by atoms with van der Waals surface area (Å²) in [4.78, 5) is 28.7. The Morgan fingerprint density at radius 1 is 1.09 bits per heavy atom. The largest absolute Gasteiger partial charge is 0.497 e. The molecule has 0 fully saturated rings. The number of amides is 2. The molecule has 4 rings (SSSR count). The number of nitrogens with zero attached hydrogens (tertiary/aromatic N) is 1. The van der Waals surface area contributed by atoms with Crippen LogP contribution in [-0.4, -0.2) is 26.0 Å². The molecule has 1 aliphatic heterocycles. The Kier molecular flexibility index (Phi) is 6.53. The minimum atomic E-state index is -0.201. The number of methoxy groups -OCH3 is 1. The molecule has 1 heterocycles. The lowest BCUT2D eigenvalue weighted by atomic mass is 10.1. The van der Waals surface area contributed by atoms with Crippen LogP contribution in [0.4, 0.5) is 5.69 Å². The lowest BCUT2D eigenvalue weighted by Gasteiger charge is -2.27. The Bertz CT molecular complexity index is 1190. The van der Waals surface area contributed by atoms with Crippen LogP contribution < -0.4 is 15.0 Å². The number of halogens is 1. The number of thioether (sulfide) groups is 1. The van der Waals surface area contributed by atoms with Crippen LogP contribution in [0.25, 0.3) is 6.08 Å². The second-order valence-electron chi connectivity index (χ2n) is 7.24. The third-order valence-electron chi connectivity index (χ3n) is 5.10. The zero-order chi connectivity index (χ0) is 22.7. The minimum absolute atomic E-state index is 0.114. The third-order valence-corrected chi connectivity index (χ3v) is 6.43. The van der Waals surface area contributed by atoms with Gasteiger partial charge in [-0.2, -0.15) is 0 Å². The Labute approximate surface area is 196 Å². The average Bonchev–Trinajstić information content (AvgIpc) is 2.82. The Morgan fingerprint density at radius 2 is 1.81 bits per heavy atom. The number of ether oxygens (including phenoxy) is 1. The van der Waals surface area contributed by atoms with Crippen LogP contribution in [0.3, 0.4) is 0 Å². The molecule has 0 saturated carbocycles. The quantitative estimate of drug-likeness (QED) is 0.514. The van der Waals surface area contributed by atoms with Crippen molar-refractivity contribution in [3.05, 3.63) is 93.3 Å². The number of anilines is 1. The van der Waals surface area contributed by atoms with Gasteiger partial charge in [-0.1, -0.05) is 47.6 Å². The van der Waals surface area contributed by atoms with Crippen LogP contribution in [0.1, 0.15) is 21.5 Å². The topological polar surface area (TPSA) is 58.6 Å². The van der Waals surface area contributed by atoms with Crippen LogP contribution in [0.5, 0.6) is 5.75 Å². The Morgan fingerprint density at radius 3 is 2.50 bits per heavy atom. The number of carbonyl (C=O) groups is 2. The molecule has 0 radical (unpaired) electrons. The number of fused-ring (bicyclic) bond motifs is 1. The second-order valence-corrected chi connectivity index (χ2v) is 8.76. The van der Waals surface area contributed by atoms with Crippen molar-refractivity contribution in [3.8, 4) is 5.75 Å². The highest BCUT2D eigenvalue weighted by Gasteiger charge is 2.27. The van der Waals surface area contributed by atoms with Gasteiger partial charge in [0.15, 0.2) is 0 Å². The van der Waals surface area contributed by atoms with Crippen molar-refractivity contribution in [3.63, 3.8) is 0 Å². The highest BCUT2D eigenvalue weighted by Crippen LogP contribution is 2.42. The summed E-state index contributed by atoms with van der Waals surface area (Å²) in [5, 5.41) is 3.56. The summed E-state index contributed by atoms with van der Waals surface area (Å²) >= 11 is 7.30. The van der Waals surface area contributed by atoms with Crippen molar-refractivity contribution in [1.82, 2.24) is 5.32 Å². The first-order valence-electron chi connectivity index (χ1n) is 9.93. The van der Waals surface area contributed by atoms with Gasteiger partial charge in [-0.05, 0) is 59.7 Å². The van der Waals surface area contributed by atoms with E-state index in [-0.39, 0.29) is 11.8 Å². The minimum Gasteiger partial charge on any atom is -0.497 e. The summed E-state index contributed by atoms with van der Waals surface area (Å²) in [6.07, 6.45) is 1.86. The normalized spacial score (nSPS) is 14.3. The molecule has 0 saturated heterocycles. The van der Waals surface area contributed by atoms with Crippen molar-refractivity contribution >= 4 is 46.9 Å². The fourth-order valence-corrected chi connectivity index (χ4v) is 4.49. The lowest BCUT2D eigenvalue weighted by molar-refractivity contribution is -0.114. The summed E-state index contributed by atoms with van der Waals surface area (Å²) in [7, 11) is 3.34. The van der Waals surface area contributed by atoms with Crippen LogP contribution in [-0.2, 0) is 11.3 Å². The van der Waals surface area contributed by atoms with Gasteiger partial charge < -0.3 is 15.0 Å². The zero-order valence-corrected chi connectivity index (χ0v) is 19.2. The molecule has 7 heteroatoms. The SMILES string of the molecule is COc1ccc(C=C2Sc3ccc(C(=O)NCc4ccc(Cl)cc4)cc3N(C)C2=O)cc1. The van der Waals surface area contributed by atoms with Crippen LogP contribution in [0.2, 0.25) is 5.02 Å². The molecular formula is C25H21ClN2O3S. The van der Waals surface area contributed by atoms with Gasteiger partial charge in [0.1, 0.15) is 5.75 Å². The molecule has 0 aliphatic carbocycles. The molecule has 32 heavy (non-hydrogen) atoms. The van der Waals surface area contributed by atoms with Gasteiger partial charge >= 0.3 is 0 Å². The number of carbonyl (C=O) groups excluding carboxylic acids is 2. The van der Waals surface area contributed by atoms with Gasteiger partial charge in [-0.3, -0.25) is 9.59 Å². The first-order chi connectivity index (χ1) is 15.4. The summed E-state index contributed by atoms with van der Waals surface area (Å²) in [6, 6.07) is 20.2. The Hall–Kier alpha value is -3.22. The van der Waals surface area contributed by atoms with Crippen molar-refractivity contribution in [1.29, 1.82) is 0 Å². The number of nitrogens with one attached hydrogen (secondary N) is 1. The summed E-state index contributed by atoms with van der Waals surface area (Å²) < 4.78 is 5.18. The summed E-state index contributed by atoms with van der Waals surface area (Å²) in [6.45, 7) is 0.394. The standard InChI is InChI=1S/C25H21ClN2O3S/c1-28-21-14-18(24(29)27-15-17-3-8-19(26)9-4-17)7-12-22(21)32-23(25(28)30)13-16-5-10-20(31-2)11-6-16/h3-14H,15H2,1-2H3,(H,27,29).